The third-order valence-corrected chi connectivity index (χ3v) is 4.08. The van der Waals surface area contributed by atoms with Gasteiger partial charge in [-0.3, -0.25) is 0 Å². The van der Waals surface area contributed by atoms with Crippen molar-refractivity contribution in [3.05, 3.63) is 16.7 Å². The molecule has 15 heavy (non-hydrogen) atoms. The molecule has 1 fully saturated rings. The number of thioether (sulfide) groups is 1. The second kappa shape index (κ2) is 5.07. The Morgan fingerprint density at radius 2 is 2.20 bits per heavy atom. The van der Waals surface area contributed by atoms with Gasteiger partial charge in [-0.2, -0.15) is 11.8 Å². The van der Waals surface area contributed by atoms with E-state index in [9.17, 15) is 0 Å². The summed E-state index contributed by atoms with van der Waals surface area (Å²) in [6, 6.07) is 2.44. The zero-order valence-corrected chi connectivity index (χ0v) is 10.8. The van der Waals surface area contributed by atoms with Crippen molar-refractivity contribution >= 4 is 39.2 Å². The van der Waals surface area contributed by atoms with Gasteiger partial charge in [0.25, 0.3) is 0 Å². The zero-order valence-electron chi connectivity index (χ0n) is 8.37. The molecule has 0 saturated carbocycles. The lowest BCUT2D eigenvalue weighted by Crippen LogP contribution is -2.25. The van der Waals surface area contributed by atoms with E-state index in [1.807, 2.05) is 17.8 Å². The number of hydrogen-bond acceptors (Lipinski definition) is 4. The molecular weight excluding hydrogens is 274 g/mol. The molecule has 2 heterocycles. The van der Waals surface area contributed by atoms with Crippen LogP contribution in [0.3, 0.4) is 0 Å². The fourth-order valence-corrected chi connectivity index (χ4v) is 3.18. The van der Waals surface area contributed by atoms with E-state index in [1.165, 1.54) is 24.3 Å². The minimum absolute atomic E-state index is 0.554. The number of nitrogens with one attached hydrogen (secondary N) is 1. The van der Waals surface area contributed by atoms with Crippen LogP contribution in [0, 0.1) is 0 Å². The van der Waals surface area contributed by atoms with Crippen LogP contribution >= 0.6 is 27.7 Å². The molecule has 0 radical (unpaired) electrons. The van der Waals surface area contributed by atoms with Crippen molar-refractivity contribution in [1.82, 2.24) is 4.98 Å². The van der Waals surface area contributed by atoms with Gasteiger partial charge in [0.2, 0.25) is 0 Å². The lowest BCUT2D eigenvalue weighted by Gasteiger charge is -2.23. The molecule has 3 nitrogen and oxygen atoms in total. The number of nitrogens with two attached hydrogens (primary N) is 1. The smallest absolute Gasteiger partial charge is 0.140 e. The minimum Gasteiger partial charge on any atom is -0.397 e. The van der Waals surface area contributed by atoms with Gasteiger partial charge < -0.3 is 11.1 Å². The number of nitrogen functional groups attached to an aromatic ring is 1. The van der Waals surface area contributed by atoms with Gasteiger partial charge in [-0.25, -0.2) is 4.98 Å². The third kappa shape index (κ3) is 3.01. The van der Waals surface area contributed by atoms with Crippen LogP contribution in [-0.2, 0) is 0 Å². The van der Waals surface area contributed by atoms with Gasteiger partial charge in [-0.15, -0.1) is 0 Å². The summed E-state index contributed by atoms with van der Waals surface area (Å²) in [5, 5.41) is 3.45. The maximum atomic E-state index is 5.64. The molecule has 0 spiro atoms. The molecule has 0 unspecified atom stereocenters. The summed E-state index contributed by atoms with van der Waals surface area (Å²) < 4.78 is 0.945. The highest BCUT2D eigenvalue weighted by Crippen LogP contribution is 2.25. The Kier molecular flexibility index (Phi) is 3.75. The number of rotatable bonds is 2. The molecule has 1 saturated heterocycles. The largest absolute Gasteiger partial charge is 0.397 e. The molecule has 1 aliphatic rings. The highest BCUT2D eigenvalue weighted by molar-refractivity contribution is 9.10. The van der Waals surface area contributed by atoms with Crippen LogP contribution in [0.15, 0.2) is 16.7 Å². The summed E-state index contributed by atoms with van der Waals surface area (Å²) in [6.45, 7) is 0. The van der Waals surface area contributed by atoms with E-state index >= 15 is 0 Å². The lowest BCUT2D eigenvalue weighted by molar-refractivity contribution is 0.663. The topological polar surface area (TPSA) is 50.9 Å². The van der Waals surface area contributed by atoms with Crippen molar-refractivity contribution in [2.75, 3.05) is 22.6 Å². The monoisotopic (exact) mass is 287 g/mol. The quantitative estimate of drug-likeness (QED) is 0.878. The molecule has 1 aliphatic heterocycles. The van der Waals surface area contributed by atoms with Gasteiger partial charge in [-0.1, -0.05) is 0 Å². The fourth-order valence-electron chi connectivity index (χ4n) is 1.59. The van der Waals surface area contributed by atoms with E-state index in [-0.39, 0.29) is 0 Å². The summed E-state index contributed by atoms with van der Waals surface area (Å²) in [5.41, 5.74) is 6.32. The van der Waals surface area contributed by atoms with Crippen molar-refractivity contribution in [2.45, 2.75) is 18.9 Å². The summed E-state index contributed by atoms with van der Waals surface area (Å²) in [6.07, 6.45) is 4.11. The van der Waals surface area contributed by atoms with Crippen molar-refractivity contribution in [1.29, 1.82) is 0 Å². The summed E-state index contributed by atoms with van der Waals surface area (Å²) in [4.78, 5) is 4.28. The molecule has 3 N–H and O–H groups in total. The van der Waals surface area contributed by atoms with E-state index < -0.39 is 0 Å². The first kappa shape index (κ1) is 11.1. The Morgan fingerprint density at radius 1 is 1.47 bits per heavy atom. The highest BCUT2D eigenvalue weighted by Gasteiger charge is 2.14. The Labute approximate surface area is 102 Å². The van der Waals surface area contributed by atoms with Crippen LogP contribution in [0.1, 0.15) is 12.8 Å². The Balaban J connectivity index is 2.03. The molecule has 0 amide bonds. The maximum absolute atomic E-state index is 5.64. The molecule has 5 heteroatoms. The predicted octanol–water partition coefficient (Wildman–Crippen LogP) is 2.73. The van der Waals surface area contributed by atoms with Crippen LogP contribution in [-0.4, -0.2) is 22.5 Å². The summed E-state index contributed by atoms with van der Waals surface area (Å²) >= 11 is 5.49. The van der Waals surface area contributed by atoms with Gasteiger partial charge in [0.05, 0.1) is 16.4 Å². The van der Waals surface area contributed by atoms with E-state index in [0.717, 1.165) is 10.3 Å². The van der Waals surface area contributed by atoms with Gasteiger partial charge >= 0.3 is 0 Å². The van der Waals surface area contributed by atoms with E-state index in [1.54, 1.807) is 6.20 Å². The van der Waals surface area contributed by atoms with Crippen LogP contribution in [0.2, 0.25) is 0 Å². The second-order valence-electron chi connectivity index (χ2n) is 3.63. The summed E-state index contributed by atoms with van der Waals surface area (Å²) in [5.74, 6) is 3.38. The minimum atomic E-state index is 0.554. The number of anilines is 2. The summed E-state index contributed by atoms with van der Waals surface area (Å²) in [7, 11) is 0. The van der Waals surface area contributed by atoms with Crippen LogP contribution in [0.4, 0.5) is 11.5 Å². The van der Waals surface area contributed by atoms with Crippen LogP contribution in [0.25, 0.3) is 0 Å². The molecular formula is C10H14BrN3S. The molecule has 0 aliphatic carbocycles. The van der Waals surface area contributed by atoms with Crippen molar-refractivity contribution in [2.24, 2.45) is 0 Å². The first-order valence-corrected chi connectivity index (χ1v) is 6.96. The highest BCUT2D eigenvalue weighted by atomic mass is 79.9. The van der Waals surface area contributed by atoms with Crippen molar-refractivity contribution < 1.29 is 0 Å². The number of halogens is 1. The predicted molar refractivity (Wildman–Crippen MR) is 70.3 cm³/mol. The second-order valence-corrected chi connectivity index (χ2v) is 5.71. The molecule has 1 aromatic heterocycles. The molecule has 0 atom stereocenters. The van der Waals surface area contributed by atoms with E-state index in [4.69, 9.17) is 5.73 Å². The maximum Gasteiger partial charge on any atom is 0.140 e. The molecule has 0 bridgehead atoms. The molecule has 2 rings (SSSR count). The molecule has 82 valence electrons. The van der Waals surface area contributed by atoms with E-state index in [0.29, 0.717) is 11.7 Å². The van der Waals surface area contributed by atoms with Gasteiger partial charge in [-0.05, 0) is 46.3 Å². The Bertz CT molecular complexity index is 339. The number of hydrogen-bond donors (Lipinski definition) is 2. The van der Waals surface area contributed by atoms with E-state index in [2.05, 4.69) is 26.2 Å². The van der Waals surface area contributed by atoms with Crippen molar-refractivity contribution in [3.8, 4) is 0 Å². The van der Waals surface area contributed by atoms with Crippen LogP contribution in [0.5, 0.6) is 0 Å². The van der Waals surface area contributed by atoms with Gasteiger partial charge in [0, 0.05) is 6.04 Å². The SMILES string of the molecule is Nc1cnc(NC2CCSCC2)c(Br)c1. The number of aromatic nitrogens is 1. The van der Waals surface area contributed by atoms with Crippen LogP contribution < -0.4 is 11.1 Å². The Hall–Kier alpha value is -0.420. The Morgan fingerprint density at radius 3 is 2.87 bits per heavy atom. The molecule has 1 aromatic rings. The lowest BCUT2D eigenvalue weighted by atomic mass is 10.1. The fraction of sp³-hybridized carbons (Fsp3) is 0.500. The number of pyridine rings is 1. The normalized spacial score (nSPS) is 17.7. The van der Waals surface area contributed by atoms with Gasteiger partial charge in [0.15, 0.2) is 0 Å². The standard InChI is InChI=1S/C10H14BrN3S/c11-9-5-7(12)6-13-10(9)14-8-1-3-15-4-2-8/h5-6,8H,1-4,12H2,(H,13,14). The number of nitrogens with zero attached hydrogens (tertiary/aromatic N) is 1. The third-order valence-electron chi connectivity index (χ3n) is 2.42. The average molecular weight is 288 g/mol. The van der Waals surface area contributed by atoms with Crippen molar-refractivity contribution in [3.63, 3.8) is 0 Å². The van der Waals surface area contributed by atoms with Gasteiger partial charge in [0.1, 0.15) is 5.82 Å². The first-order chi connectivity index (χ1) is 7.25. The average Bonchev–Trinajstić information content (AvgIpc) is 2.24. The zero-order chi connectivity index (χ0) is 10.7. The molecule has 0 aromatic carbocycles. The first-order valence-electron chi connectivity index (χ1n) is 5.01.